The minimum Gasteiger partial charge on any atom is -0.339 e. The Hall–Kier alpha value is -2.55. The van der Waals surface area contributed by atoms with E-state index in [0.29, 0.717) is 47.1 Å². The molecule has 0 atom stereocenters. The molecule has 2 aliphatic rings. The quantitative estimate of drug-likeness (QED) is 0.787. The van der Waals surface area contributed by atoms with Crippen molar-refractivity contribution in [2.75, 3.05) is 18.4 Å². The summed E-state index contributed by atoms with van der Waals surface area (Å²) in [5.41, 5.74) is 1.93. The van der Waals surface area contributed by atoms with Gasteiger partial charge in [0, 0.05) is 24.3 Å². The van der Waals surface area contributed by atoms with E-state index in [4.69, 9.17) is 23.2 Å². The van der Waals surface area contributed by atoms with E-state index in [9.17, 15) is 14.9 Å². The Morgan fingerprint density at radius 1 is 1.11 bits per heavy atom. The third-order valence-electron chi connectivity index (χ3n) is 5.42. The fraction of sp³-hybridized carbons (Fsp3) is 0.250. The lowest BCUT2D eigenvalue weighted by Gasteiger charge is -2.38. The van der Waals surface area contributed by atoms with Crippen LogP contribution in [0.2, 0.25) is 10.0 Å². The highest BCUT2D eigenvalue weighted by Gasteiger charge is 2.49. The number of rotatable bonds is 1. The molecule has 1 saturated heterocycles. The van der Waals surface area contributed by atoms with Gasteiger partial charge in [-0.2, -0.15) is 5.26 Å². The zero-order valence-electron chi connectivity index (χ0n) is 14.3. The van der Waals surface area contributed by atoms with E-state index in [0.717, 1.165) is 11.3 Å². The zero-order chi connectivity index (χ0) is 19.2. The first kappa shape index (κ1) is 17.8. The van der Waals surface area contributed by atoms with Crippen molar-refractivity contribution in [1.29, 1.82) is 5.26 Å². The molecule has 2 amide bonds. The molecule has 27 heavy (non-hydrogen) atoms. The van der Waals surface area contributed by atoms with Crippen molar-refractivity contribution in [2.24, 2.45) is 0 Å². The smallest absolute Gasteiger partial charge is 0.253 e. The maximum absolute atomic E-state index is 12.8. The molecule has 5 nitrogen and oxygen atoms in total. The highest BCUT2D eigenvalue weighted by Crippen LogP contribution is 2.45. The first-order valence-corrected chi connectivity index (χ1v) is 9.30. The van der Waals surface area contributed by atoms with Gasteiger partial charge in [0.2, 0.25) is 5.91 Å². The topological polar surface area (TPSA) is 73.2 Å². The molecule has 1 fully saturated rings. The van der Waals surface area contributed by atoms with Gasteiger partial charge >= 0.3 is 0 Å². The molecule has 0 unspecified atom stereocenters. The second kappa shape index (κ2) is 6.56. The number of piperidine rings is 1. The number of likely N-dealkylation sites (tertiary alicyclic amines) is 1. The Kier molecular flexibility index (Phi) is 4.33. The van der Waals surface area contributed by atoms with Crippen LogP contribution in [0.15, 0.2) is 36.4 Å². The summed E-state index contributed by atoms with van der Waals surface area (Å²) in [5.74, 6) is -0.193. The van der Waals surface area contributed by atoms with Gasteiger partial charge in [0.1, 0.15) is 0 Å². The van der Waals surface area contributed by atoms with Gasteiger partial charge in [0.25, 0.3) is 5.91 Å². The Labute approximate surface area is 166 Å². The Morgan fingerprint density at radius 3 is 2.52 bits per heavy atom. The lowest BCUT2D eigenvalue weighted by Crippen LogP contribution is -2.48. The van der Waals surface area contributed by atoms with Crippen molar-refractivity contribution >= 4 is 40.7 Å². The zero-order valence-corrected chi connectivity index (χ0v) is 15.8. The van der Waals surface area contributed by atoms with Gasteiger partial charge in [-0.25, -0.2) is 0 Å². The standard InChI is InChI=1S/C20H15Cl2N3O2/c21-15-3-2-13(10-16(15)22)18(26)25-7-5-20(6-8-25)14-9-12(11-23)1-4-17(14)24-19(20)27/h1-4,9-10H,5-8H2,(H,24,27). The second-order valence-corrected chi connectivity index (χ2v) is 7.64. The van der Waals surface area contributed by atoms with Crippen LogP contribution >= 0.6 is 23.2 Å². The van der Waals surface area contributed by atoms with Crippen molar-refractivity contribution in [3.63, 3.8) is 0 Å². The summed E-state index contributed by atoms with van der Waals surface area (Å²) < 4.78 is 0. The third-order valence-corrected chi connectivity index (χ3v) is 6.16. The molecule has 0 bridgehead atoms. The summed E-state index contributed by atoms with van der Waals surface area (Å²) in [6.45, 7) is 0.894. The van der Waals surface area contributed by atoms with Gasteiger partial charge < -0.3 is 10.2 Å². The molecule has 2 aromatic carbocycles. The number of benzene rings is 2. The summed E-state index contributed by atoms with van der Waals surface area (Å²) in [4.78, 5) is 27.2. The SMILES string of the molecule is N#Cc1ccc2c(c1)C1(CCN(C(=O)c3ccc(Cl)c(Cl)c3)CC1)C(=O)N2. The van der Waals surface area contributed by atoms with Crippen LogP contribution < -0.4 is 5.32 Å². The van der Waals surface area contributed by atoms with E-state index >= 15 is 0 Å². The predicted octanol–water partition coefficient (Wildman–Crippen LogP) is 3.99. The lowest BCUT2D eigenvalue weighted by molar-refractivity contribution is -0.122. The van der Waals surface area contributed by atoms with E-state index in [-0.39, 0.29) is 11.8 Å². The number of nitriles is 1. The lowest BCUT2D eigenvalue weighted by atomic mass is 9.73. The minimum absolute atomic E-state index is 0.0609. The number of hydrogen-bond donors (Lipinski definition) is 1. The van der Waals surface area contributed by atoms with Gasteiger partial charge in [0.05, 0.1) is 27.1 Å². The molecule has 136 valence electrons. The van der Waals surface area contributed by atoms with Crippen LogP contribution in [0.1, 0.15) is 34.3 Å². The Morgan fingerprint density at radius 2 is 1.85 bits per heavy atom. The van der Waals surface area contributed by atoms with Crippen LogP contribution in [0.3, 0.4) is 0 Å². The number of nitrogens with zero attached hydrogens (tertiary/aromatic N) is 2. The number of amides is 2. The predicted molar refractivity (Wildman–Crippen MR) is 103 cm³/mol. The van der Waals surface area contributed by atoms with Gasteiger partial charge in [0.15, 0.2) is 0 Å². The molecule has 1 spiro atoms. The van der Waals surface area contributed by atoms with Gasteiger partial charge in [-0.05, 0) is 54.8 Å². The van der Waals surface area contributed by atoms with Crippen LogP contribution in [-0.4, -0.2) is 29.8 Å². The summed E-state index contributed by atoms with van der Waals surface area (Å²) in [5, 5.41) is 12.8. The highest BCUT2D eigenvalue weighted by atomic mass is 35.5. The highest BCUT2D eigenvalue weighted by molar-refractivity contribution is 6.42. The number of halogens is 2. The van der Waals surface area contributed by atoms with Crippen LogP contribution in [0.4, 0.5) is 5.69 Å². The molecular formula is C20H15Cl2N3O2. The normalized spacial score (nSPS) is 17.4. The summed E-state index contributed by atoms with van der Waals surface area (Å²) in [7, 11) is 0. The monoisotopic (exact) mass is 399 g/mol. The summed E-state index contributed by atoms with van der Waals surface area (Å²) in [6, 6.07) is 12.2. The molecule has 0 aromatic heterocycles. The van der Waals surface area contributed by atoms with Crippen molar-refractivity contribution in [3.8, 4) is 6.07 Å². The maximum atomic E-state index is 12.8. The number of hydrogen-bond acceptors (Lipinski definition) is 3. The third kappa shape index (κ3) is 2.86. The molecule has 2 aromatic rings. The number of fused-ring (bicyclic) bond motifs is 2. The van der Waals surface area contributed by atoms with Gasteiger partial charge in [-0.15, -0.1) is 0 Å². The molecule has 7 heteroatoms. The van der Waals surface area contributed by atoms with Crippen molar-refractivity contribution in [2.45, 2.75) is 18.3 Å². The molecule has 4 rings (SSSR count). The molecule has 2 heterocycles. The summed E-state index contributed by atoms with van der Waals surface area (Å²) >= 11 is 11.9. The molecule has 2 aliphatic heterocycles. The fourth-order valence-electron chi connectivity index (χ4n) is 3.88. The van der Waals surface area contributed by atoms with E-state index in [2.05, 4.69) is 11.4 Å². The van der Waals surface area contributed by atoms with Crippen LogP contribution in [0, 0.1) is 11.3 Å². The van der Waals surface area contributed by atoms with E-state index in [1.165, 1.54) is 0 Å². The van der Waals surface area contributed by atoms with Crippen molar-refractivity contribution in [1.82, 2.24) is 4.90 Å². The largest absolute Gasteiger partial charge is 0.339 e. The Bertz CT molecular complexity index is 1000. The molecule has 0 aliphatic carbocycles. The fourth-order valence-corrected chi connectivity index (χ4v) is 4.18. The van der Waals surface area contributed by atoms with Crippen LogP contribution in [0.25, 0.3) is 0 Å². The van der Waals surface area contributed by atoms with Crippen molar-refractivity contribution in [3.05, 3.63) is 63.1 Å². The summed E-state index contributed by atoms with van der Waals surface area (Å²) in [6.07, 6.45) is 1.02. The minimum atomic E-state index is -0.684. The average Bonchev–Trinajstić information content (AvgIpc) is 2.95. The molecule has 0 saturated carbocycles. The maximum Gasteiger partial charge on any atom is 0.253 e. The Balaban J connectivity index is 1.57. The number of carbonyl (C=O) groups excluding carboxylic acids is 2. The van der Waals surface area contributed by atoms with Crippen LogP contribution in [-0.2, 0) is 10.2 Å². The molecular weight excluding hydrogens is 385 g/mol. The first-order valence-electron chi connectivity index (χ1n) is 8.55. The van der Waals surface area contributed by atoms with Crippen molar-refractivity contribution < 1.29 is 9.59 Å². The van der Waals surface area contributed by atoms with E-state index < -0.39 is 5.41 Å². The number of carbonyl (C=O) groups is 2. The van der Waals surface area contributed by atoms with Crippen LogP contribution in [0.5, 0.6) is 0 Å². The molecule has 1 N–H and O–H groups in total. The number of anilines is 1. The average molecular weight is 400 g/mol. The van der Waals surface area contributed by atoms with E-state index in [1.807, 2.05) is 0 Å². The van der Waals surface area contributed by atoms with Gasteiger partial charge in [-0.1, -0.05) is 23.2 Å². The second-order valence-electron chi connectivity index (χ2n) is 6.83. The number of nitrogens with one attached hydrogen (secondary N) is 1. The molecule has 0 radical (unpaired) electrons. The first-order chi connectivity index (χ1) is 12.9. The van der Waals surface area contributed by atoms with E-state index in [1.54, 1.807) is 41.3 Å². The van der Waals surface area contributed by atoms with Gasteiger partial charge in [-0.3, -0.25) is 9.59 Å².